The summed E-state index contributed by atoms with van der Waals surface area (Å²) < 4.78 is 13.2. The molecule has 142 valence electrons. The molecule has 4 rings (SSSR count). The summed E-state index contributed by atoms with van der Waals surface area (Å²) in [6.45, 7) is 3.25. The number of nitrogens with one attached hydrogen (secondary N) is 1. The van der Waals surface area contributed by atoms with Crippen molar-refractivity contribution in [2.45, 2.75) is 0 Å². The van der Waals surface area contributed by atoms with Crippen molar-refractivity contribution < 1.29 is 9.18 Å². The van der Waals surface area contributed by atoms with Crippen molar-refractivity contribution in [2.24, 2.45) is 0 Å². The summed E-state index contributed by atoms with van der Waals surface area (Å²) in [6, 6.07) is 11.6. The first kappa shape index (κ1) is 17.8. The van der Waals surface area contributed by atoms with Crippen LogP contribution in [0.2, 0.25) is 0 Å². The summed E-state index contributed by atoms with van der Waals surface area (Å²) in [5.41, 5.74) is 0.557. The minimum absolute atomic E-state index is 0.181. The van der Waals surface area contributed by atoms with Gasteiger partial charge >= 0.3 is 0 Å². The molecule has 0 aliphatic carbocycles. The van der Waals surface area contributed by atoms with E-state index in [-0.39, 0.29) is 5.69 Å². The lowest BCUT2D eigenvalue weighted by Crippen LogP contribution is -2.47. The van der Waals surface area contributed by atoms with Gasteiger partial charge in [-0.15, -0.1) is 0 Å². The van der Waals surface area contributed by atoms with Gasteiger partial charge in [0.25, 0.3) is 5.91 Å². The predicted molar refractivity (Wildman–Crippen MR) is 105 cm³/mol. The Balaban J connectivity index is 1.36. The SMILES string of the molecule is O=C(Nc1cccc(F)c1)c1cnc(N2CCN(c3ccccn3)CC2)cn1. The molecule has 1 N–H and O–H groups in total. The average Bonchev–Trinajstić information content (AvgIpc) is 2.75. The van der Waals surface area contributed by atoms with Gasteiger partial charge in [0.1, 0.15) is 23.1 Å². The van der Waals surface area contributed by atoms with Gasteiger partial charge in [0.15, 0.2) is 0 Å². The third-order valence-corrected chi connectivity index (χ3v) is 4.53. The Morgan fingerprint density at radius 2 is 1.68 bits per heavy atom. The molecule has 1 aliphatic rings. The Hall–Kier alpha value is -3.55. The molecule has 0 spiro atoms. The monoisotopic (exact) mass is 378 g/mol. The summed E-state index contributed by atoms with van der Waals surface area (Å²) in [5, 5.41) is 2.61. The van der Waals surface area contributed by atoms with Gasteiger partial charge in [-0.25, -0.2) is 19.3 Å². The van der Waals surface area contributed by atoms with Crippen LogP contribution >= 0.6 is 0 Å². The van der Waals surface area contributed by atoms with E-state index in [0.29, 0.717) is 5.69 Å². The number of piperazine rings is 1. The molecule has 0 radical (unpaired) electrons. The Labute approximate surface area is 161 Å². The molecular formula is C20H19FN6O. The van der Waals surface area contributed by atoms with Crippen molar-refractivity contribution in [3.8, 4) is 0 Å². The number of nitrogens with zero attached hydrogens (tertiary/aromatic N) is 5. The van der Waals surface area contributed by atoms with E-state index in [9.17, 15) is 9.18 Å². The molecule has 3 heterocycles. The second-order valence-corrected chi connectivity index (χ2v) is 6.39. The van der Waals surface area contributed by atoms with E-state index in [2.05, 4.69) is 30.1 Å². The van der Waals surface area contributed by atoms with Gasteiger partial charge < -0.3 is 15.1 Å². The molecule has 1 amide bonds. The Morgan fingerprint density at radius 3 is 2.32 bits per heavy atom. The van der Waals surface area contributed by atoms with Crippen molar-refractivity contribution in [3.05, 3.63) is 72.6 Å². The van der Waals surface area contributed by atoms with Crippen LogP contribution in [0.15, 0.2) is 61.1 Å². The highest BCUT2D eigenvalue weighted by atomic mass is 19.1. The summed E-state index contributed by atoms with van der Waals surface area (Å²) in [6.07, 6.45) is 4.83. The highest BCUT2D eigenvalue weighted by Gasteiger charge is 2.19. The number of amides is 1. The molecule has 28 heavy (non-hydrogen) atoms. The normalized spacial score (nSPS) is 14.0. The molecule has 0 bridgehead atoms. The molecule has 0 saturated carbocycles. The minimum atomic E-state index is -0.426. The molecule has 0 atom stereocenters. The fourth-order valence-corrected chi connectivity index (χ4v) is 3.07. The number of pyridine rings is 1. The maximum absolute atomic E-state index is 13.2. The van der Waals surface area contributed by atoms with Gasteiger partial charge in [-0.1, -0.05) is 12.1 Å². The zero-order valence-electron chi connectivity index (χ0n) is 15.1. The van der Waals surface area contributed by atoms with Crippen molar-refractivity contribution in [1.82, 2.24) is 15.0 Å². The maximum Gasteiger partial charge on any atom is 0.275 e. The van der Waals surface area contributed by atoms with Crippen LogP contribution in [0.25, 0.3) is 0 Å². The number of carbonyl (C=O) groups is 1. The van der Waals surface area contributed by atoms with E-state index >= 15 is 0 Å². The first-order valence-electron chi connectivity index (χ1n) is 8.99. The van der Waals surface area contributed by atoms with Crippen molar-refractivity contribution in [3.63, 3.8) is 0 Å². The number of aromatic nitrogens is 3. The Bertz CT molecular complexity index is 942. The number of anilines is 3. The van der Waals surface area contributed by atoms with Crippen LogP contribution < -0.4 is 15.1 Å². The lowest BCUT2D eigenvalue weighted by Gasteiger charge is -2.35. The number of hydrogen-bond donors (Lipinski definition) is 1. The third-order valence-electron chi connectivity index (χ3n) is 4.53. The van der Waals surface area contributed by atoms with Crippen LogP contribution in [0.1, 0.15) is 10.5 Å². The summed E-state index contributed by atoms with van der Waals surface area (Å²) in [7, 11) is 0. The highest BCUT2D eigenvalue weighted by Crippen LogP contribution is 2.17. The average molecular weight is 378 g/mol. The predicted octanol–water partition coefficient (Wildman–Crippen LogP) is 2.59. The van der Waals surface area contributed by atoms with Gasteiger partial charge in [-0.05, 0) is 30.3 Å². The molecule has 1 saturated heterocycles. The van der Waals surface area contributed by atoms with Crippen LogP contribution in [0.3, 0.4) is 0 Å². The second-order valence-electron chi connectivity index (χ2n) is 6.39. The zero-order valence-corrected chi connectivity index (χ0v) is 15.1. The van der Waals surface area contributed by atoms with Gasteiger partial charge in [-0.2, -0.15) is 0 Å². The molecule has 1 aliphatic heterocycles. The van der Waals surface area contributed by atoms with E-state index in [1.54, 1.807) is 18.5 Å². The van der Waals surface area contributed by atoms with E-state index in [1.807, 2.05) is 18.2 Å². The fourth-order valence-electron chi connectivity index (χ4n) is 3.07. The van der Waals surface area contributed by atoms with Gasteiger partial charge in [0.05, 0.1) is 12.4 Å². The standard InChI is InChI=1S/C20H19FN6O/c21-15-4-3-5-16(12-15)25-20(28)17-13-24-19(14-23-17)27-10-8-26(9-11-27)18-6-1-2-7-22-18/h1-7,12-14H,8-11H2,(H,25,28). The van der Waals surface area contributed by atoms with E-state index in [0.717, 1.165) is 37.8 Å². The first-order chi connectivity index (χ1) is 13.7. The molecule has 0 unspecified atom stereocenters. The Morgan fingerprint density at radius 1 is 0.893 bits per heavy atom. The number of benzene rings is 1. The van der Waals surface area contributed by atoms with Crippen molar-refractivity contribution in [2.75, 3.05) is 41.3 Å². The zero-order chi connectivity index (χ0) is 19.3. The third kappa shape index (κ3) is 4.06. The smallest absolute Gasteiger partial charge is 0.275 e. The number of halogens is 1. The molecule has 1 fully saturated rings. The molecule has 2 aromatic heterocycles. The molecule has 3 aromatic rings. The van der Waals surface area contributed by atoms with Crippen molar-refractivity contribution in [1.29, 1.82) is 0 Å². The van der Waals surface area contributed by atoms with Crippen LogP contribution in [0.5, 0.6) is 0 Å². The van der Waals surface area contributed by atoms with E-state index < -0.39 is 11.7 Å². The molecule has 7 nitrogen and oxygen atoms in total. The maximum atomic E-state index is 13.2. The number of carbonyl (C=O) groups excluding carboxylic acids is 1. The molecule has 8 heteroatoms. The number of hydrogen-bond acceptors (Lipinski definition) is 6. The molecule has 1 aromatic carbocycles. The Kier molecular flexibility index (Phi) is 5.09. The van der Waals surface area contributed by atoms with Crippen LogP contribution in [0.4, 0.5) is 21.7 Å². The fraction of sp³-hybridized carbons (Fsp3) is 0.200. The second kappa shape index (κ2) is 7.99. The van der Waals surface area contributed by atoms with Crippen LogP contribution in [0, 0.1) is 5.82 Å². The first-order valence-corrected chi connectivity index (χ1v) is 8.99. The summed E-state index contributed by atoms with van der Waals surface area (Å²) >= 11 is 0. The van der Waals surface area contributed by atoms with E-state index in [1.165, 1.54) is 24.4 Å². The van der Waals surface area contributed by atoms with Crippen molar-refractivity contribution >= 4 is 23.2 Å². The minimum Gasteiger partial charge on any atom is -0.353 e. The molecular weight excluding hydrogens is 359 g/mol. The lowest BCUT2D eigenvalue weighted by molar-refractivity contribution is 0.102. The lowest BCUT2D eigenvalue weighted by atomic mass is 10.3. The van der Waals surface area contributed by atoms with Crippen LogP contribution in [-0.2, 0) is 0 Å². The van der Waals surface area contributed by atoms with Gasteiger partial charge in [0, 0.05) is 38.1 Å². The summed E-state index contributed by atoms with van der Waals surface area (Å²) in [4.78, 5) is 29.6. The quantitative estimate of drug-likeness (QED) is 0.752. The van der Waals surface area contributed by atoms with Crippen LogP contribution in [-0.4, -0.2) is 47.0 Å². The van der Waals surface area contributed by atoms with Gasteiger partial charge in [0.2, 0.25) is 0 Å². The number of rotatable bonds is 4. The van der Waals surface area contributed by atoms with Gasteiger partial charge in [-0.3, -0.25) is 4.79 Å². The highest BCUT2D eigenvalue weighted by molar-refractivity contribution is 6.02. The largest absolute Gasteiger partial charge is 0.353 e. The topological polar surface area (TPSA) is 74.2 Å². The van der Waals surface area contributed by atoms with E-state index in [4.69, 9.17) is 0 Å². The summed E-state index contributed by atoms with van der Waals surface area (Å²) in [5.74, 6) is 0.856.